The summed E-state index contributed by atoms with van der Waals surface area (Å²) < 4.78 is 0. The van der Waals surface area contributed by atoms with Crippen LogP contribution >= 0.6 is 0 Å². The van der Waals surface area contributed by atoms with Gasteiger partial charge in [-0.05, 0) is 12.1 Å². The Balaban J connectivity index is 0.00000102. The van der Waals surface area contributed by atoms with Crippen molar-refractivity contribution in [3.05, 3.63) is 66.2 Å². The Bertz CT molecular complexity index is 551. The number of hydrogen-bond donors (Lipinski definition) is 2. The second-order valence-corrected chi connectivity index (χ2v) is 3.65. The Morgan fingerprint density at radius 1 is 0.864 bits per heavy atom. The van der Waals surface area contributed by atoms with E-state index in [1.54, 1.807) is 0 Å². The highest BCUT2D eigenvalue weighted by molar-refractivity contribution is 6.08. The smallest absolute Gasteiger partial charge is 0.317 e. The molecule has 0 fully saturated rings. The number of aliphatic imine (C=N–C) groups is 1. The molecule has 0 spiro atoms. The minimum atomic E-state index is -0.631. The van der Waals surface area contributed by atoms with Crippen LogP contribution in [0.15, 0.2) is 65.7 Å². The fourth-order valence-electron chi connectivity index (χ4n) is 1.51. The predicted molar refractivity (Wildman–Crippen MR) is 94.5 cm³/mol. The molecule has 0 saturated carbocycles. The minimum absolute atomic E-state index is 0.439. The van der Waals surface area contributed by atoms with Gasteiger partial charge in [0.05, 0.1) is 5.69 Å². The van der Waals surface area contributed by atoms with Gasteiger partial charge in [0.15, 0.2) is 0 Å². The van der Waals surface area contributed by atoms with Crippen molar-refractivity contribution >= 4 is 17.6 Å². The number of rotatable bonds is 2. The van der Waals surface area contributed by atoms with E-state index in [0.717, 1.165) is 11.3 Å². The molecule has 4 heteroatoms. The molecule has 0 bridgehead atoms. The fraction of sp³-hybridized carbons (Fsp3) is 0.222. The summed E-state index contributed by atoms with van der Waals surface area (Å²) in [6, 6.07) is 18.1. The van der Waals surface area contributed by atoms with Crippen LogP contribution in [0.2, 0.25) is 0 Å². The van der Waals surface area contributed by atoms with Gasteiger partial charge in [-0.2, -0.15) is 0 Å². The molecule has 0 radical (unpaired) electrons. The van der Waals surface area contributed by atoms with Crippen LogP contribution in [-0.2, 0) is 0 Å². The molecular weight excluding hydrogens is 274 g/mol. The van der Waals surface area contributed by atoms with E-state index in [9.17, 15) is 4.79 Å². The van der Waals surface area contributed by atoms with Crippen LogP contribution in [-0.4, -0.2) is 11.9 Å². The summed E-state index contributed by atoms with van der Waals surface area (Å²) in [5, 5.41) is 2.53. The normalized spacial score (nSPS) is 9.55. The molecule has 22 heavy (non-hydrogen) atoms. The van der Waals surface area contributed by atoms with Crippen molar-refractivity contribution in [3.63, 3.8) is 0 Å². The van der Waals surface area contributed by atoms with Crippen LogP contribution in [0, 0.1) is 0 Å². The van der Waals surface area contributed by atoms with Crippen LogP contribution in [0.4, 0.5) is 10.5 Å². The molecule has 3 N–H and O–H groups in total. The second kappa shape index (κ2) is 12.1. The first-order chi connectivity index (χ1) is 10.8. The van der Waals surface area contributed by atoms with E-state index in [-0.39, 0.29) is 0 Å². The summed E-state index contributed by atoms with van der Waals surface area (Å²) in [7, 11) is 0. The molecule has 2 rings (SSSR count). The summed E-state index contributed by atoms with van der Waals surface area (Å²) in [6.07, 6.45) is 0. The molecule has 0 heterocycles. The number of hydrogen-bond acceptors (Lipinski definition) is 2. The zero-order valence-electron chi connectivity index (χ0n) is 13.7. The highest BCUT2D eigenvalue weighted by atomic mass is 16.2. The van der Waals surface area contributed by atoms with Crippen molar-refractivity contribution in [2.45, 2.75) is 27.7 Å². The van der Waals surface area contributed by atoms with E-state index in [2.05, 4.69) is 10.3 Å². The molecule has 2 aromatic carbocycles. The Morgan fingerprint density at radius 2 is 1.32 bits per heavy atom. The maximum absolute atomic E-state index is 11.0. The van der Waals surface area contributed by atoms with Crippen LogP contribution in [0.25, 0.3) is 0 Å². The van der Waals surface area contributed by atoms with Gasteiger partial charge >= 0.3 is 6.03 Å². The molecule has 0 unspecified atom stereocenters. The molecule has 0 saturated heterocycles. The Labute approximate surface area is 133 Å². The Kier molecular flexibility index (Phi) is 10.7. The number of primary amides is 1. The van der Waals surface area contributed by atoms with Crippen molar-refractivity contribution < 1.29 is 4.79 Å². The third-order valence-corrected chi connectivity index (χ3v) is 2.29. The first-order valence-corrected chi connectivity index (χ1v) is 7.51. The van der Waals surface area contributed by atoms with Crippen LogP contribution in [0.5, 0.6) is 0 Å². The van der Waals surface area contributed by atoms with Gasteiger partial charge < -0.3 is 5.73 Å². The lowest BCUT2D eigenvalue weighted by atomic mass is 10.2. The quantitative estimate of drug-likeness (QED) is 0.623. The molecule has 0 aromatic heterocycles. The van der Waals surface area contributed by atoms with Crippen LogP contribution < -0.4 is 11.1 Å². The van der Waals surface area contributed by atoms with E-state index in [1.807, 2.05) is 88.4 Å². The molecule has 0 aliphatic heterocycles. The molecule has 0 atom stereocenters. The van der Waals surface area contributed by atoms with Crippen molar-refractivity contribution in [1.29, 1.82) is 0 Å². The summed E-state index contributed by atoms with van der Waals surface area (Å²) >= 11 is 0. The van der Waals surface area contributed by atoms with E-state index < -0.39 is 6.03 Å². The van der Waals surface area contributed by atoms with Gasteiger partial charge in [0.2, 0.25) is 0 Å². The second-order valence-electron chi connectivity index (χ2n) is 3.65. The summed E-state index contributed by atoms with van der Waals surface area (Å²) in [5.74, 6) is 0.439. The van der Waals surface area contributed by atoms with E-state index in [0.29, 0.717) is 5.84 Å². The fourth-order valence-corrected chi connectivity index (χ4v) is 1.51. The average Bonchev–Trinajstić information content (AvgIpc) is 2.59. The van der Waals surface area contributed by atoms with Gasteiger partial charge in [0.25, 0.3) is 0 Å². The molecular formula is C18H25N3O. The topological polar surface area (TPSA) is 67.5 Å². The number of amides is 2. The number of urea groups is 1. The lowest BCUT2D eigenvalue weighted by molar-refractivity contribution is 0.253. The number of para-hydroxylation sites is 1. The van der Waals surface area contributed by atoms with E-state index >= 15 is 0 Å². The first kappa shape index (κ1) is 19.4. The molecule has 2 amide bonds. The number of nitrogens with one attached hydrogen (secondary N) is 1. The van der Waals surface area contributed by atoms with Crippen molar-refractivity contribution in [2.24, 2.45) is 10.7 Å². The Hall–Kier alpha value is -2.62. The van der Waals surface area contributed by atoms with Crippen molar-refractivity contribution in [1.82, 2.24) is 5.32 Å². The summed E-state index contributed by atoms with van der Waals surface area (Å²) in [4.78, 5) is 15.4. The SMILES string of the molecule is CC.CC.NC(=O)NC(=Nc1ccccc1)c1ccccc1. The summed E-state index contributed by atoms with van der Waals surface area (Å²) in [6.45, 7) is 8.00. The average molecular weight is 299 g/mol. The molecule has 118 valence electrons. The first-order valence-electron chi connectivity index (χ1n) is 7.51. The predicted octanol–water partition coefficient (Wildman–Crippen LogP) is 4.49. The Morgan fingerprint density at radius 3 is 1.77 bits per heavy atom. The van der Waals surface area contributed by atoms with Crippen LogP contribution in [0.3, 0.4) is 0 Å². The maximum atomic E-state index is 11.0. The maximum Gasteiger partial charge on any atom is 0.317 e. The number of benzene rings is 2. The zero-order chi connectivity index (χ0) is 16.8. The molecule has 4 nitrogen and oxygen atoms in total. The minimum Gasteiger partial charge on any atom is -0.351 e. The number of nitrogens with two attached hydrogens (primary N) is 1. The monoisotopic (exact) mass is 299 g/mol. The van der Waals surface area contributed by atoms with Crippen molar-refractivity contribution in [3.8, 4) is 0 Å². The standard InChI is InChI=1S/C14H13N3O.2C2H6/c15-14(18)17-13(11-7-3-1-4-8-11)16-12-9-5-2-6-10-12;2*1-2/h1-10H,(H3,15,16,17,18);2*1-2H3. The lowest BCUT2D eigenvalue weighted by Crippen LogP contribution is -2.35. The highest BCUT2D eigenvalue weighted by Crippen LogP contribution is 2.12. The number of amidine groups is 1. The van der Waals surface area contributed by atoms with Gasteiger partial charge in [0, 0.05) is 5.56 Å². The van der Waals surface area contributed by atoms with Gasteiger partial charge in [-0.15, -0.1) is 0 Å². The number of carbonyl (C=O) groups excluding carboxylic acids is 1. The molecule has 0 aliphatic carbocycles. The van der Waals surface area contributed by atoms with Crippen LogP contribution in [0.1, 0.15) is 33.3 Å². The number of carbonyl (C=O) groups is 1. The largest absolute Gasteiger partial charge is 0.351 e. The van der Waals surface area contributed by atoms with E-state index in [1.165, 1.54) is 0 Å². The third kappa shape index (κ3) is 7.24. The molecule has 0 aliphatic rings. The highest BCUT2D eigenvalue weighted by Gasteiger charge is 2.05. The van der Waals surface area contributed by atoms with Crippen molar-refractivity contribution in [2.75, 3.05) is 0 Å². The third-order valence-electron chi connectivity index (χ3n) is 2.29. The van der Waals surface area contributed by atoms with Gasteiger partial charge in [-0.3, -0.25) is 5.32 Å². The van der Waals surface area contributed by atoms with Gasteiger partial charge in [-0.1, -0.05) is 76.2 Å². The zero-order valence-corrected chi connectivity index (χ0v) is 13.7. The molecule has 2 aromatic rings. The number of nitrogens with zero attached hydrogens (tertiary/aromatic N) is 1. The summed E-state index contributed by atoms with van der Waals surface area (Å²) in [5.41, 5.74) is 6.71. The van der Waals surface area contributed by atoms with Gasteiger partial charge in [-0.25, -0.2) is 9.79 Å². The van der Waals surface area contributed by atoms with E-state index in [4.69, 9.17) is 5.73 Å². The lowest BCUT2D eigenvalue weighted by Gasteiger charge is -2.06. The van der Waals surface area contributed by atoms with Gasteiger partial charge in [0.1, 0.15) is 5.84 Å².